The molecule has 0 saturated carbocycles. The van der Waals surface area contributed by atoms with E-state index in [0.29, 0.717) is 16.9 Å². The Bertz CT molecular complexity index is 338. The van der Waals surface area contributed by atoms with Crippen molar-refractivity contribution in [3.8, 4) is 0 Å². The first kappa shape index (κ1) is 12.5. The zero-order valence-electron chi connectivity index (χ0n) is 9.08. The fourth-order valence-electron chi connectivity index (χ4n) is 0.948. The van der Waals surface area contributed by atoms with Crippen LogP contribution in [0.4, 0.5) is 5.13 Å². The summed E-state index contributed by atoms with van der Waals surface area (Å²) < 4.78 is 0. The molecule has 15 heavy (non-hydrogen) atoms. The Balaban J connectivity index is 2.58. The van der Waals surface area contributed by atoms with Gasteiger partial charge in [-0.1, -0.05) is 20.8 Å². The highest BCUT2D eigenvalue weighted by Gasteiger charge is 2.17. The highest BCUT2D eigenvalue weighted by Crippen LogP contribution is 2.19. The van der Waals surface area contributed by atoms with Crippen LogP contribution in [0, 0.1) is 11.8 Å². The van der Waals surface area contributed by atoms with Gasteiger partial charge in [0.25, 0.3) is 0 Å². The minimum Gasteiger partial charge on any atom is -0.302 e. The van der Waals surface area contributed by atoms with Gasteiger partial charge in [-0.2, -0.15) is 0 Å². The van der Waals surface area contributed by atoms with E-state index in [0.717, 1.165) is 5.69 Å². The van der Waals surface area contributed by atoms with Crippen LogP contribution < -0.4 is 5.32 Å². The van der Waals surface area contributed by atoms with E-state index in [1.165, 1.54) is 11.3 Å². The van der Waals surface area contributed by atoms with Gasteiger partial charge in [-0.05, 0) is 5.92 Å². The molecule has 0 saturated heterocycles. The number of alkyl halides is 1. The number of rotatable bonds is 4. The van der Waals surface area contributed by atoms with Gasteiger partial charge in [0.05, 0.1) is 11.6 Å². The topological polar surface area (TPSA) is 42.0 Å². The molecular weight excluding hydrogens is 232 g/mol. The first-order valence-corrected chi connectivity index (χ1v) is 6.27. The number of aromatic nitrogens is 1. The number of halogens is 1. The van der Waals surface area contributed by atoms with E-state index in [2.05, 4.69) is 10.3 Å². The van der Waals surface area contributed by atoms with Crippen LogP contribution in [-0.2, 0) is 10.7 Å². The standard InChI is InChI=1S/C10H15ClN2OS/c1-6(2)7(3)9(14)13-10-12-8(4-11)5-15-10/h5-7H,4H2,1-3H3,(H,12,13,14). The average molecular weight is 247 g/mol. The number of anilines is 1. The number of thiazole rings is 1. The number of carbonyl (C=O) groups excluding carboxylic acids is 1. The smallest absolute Gasteiger partial charge is 0.229 e. The predicted molar refractivity (Wildman–Crippen MR) is 64.3 cm³/mol. The van der Waals surface area contributed by atoms with Crippen LogP contribution in [0.3, 0.4) is 0 Å². The van der Waals surface area contributed by atoms with E-state index >= 15 is 0 Å². The summed E-state index contributed by atoms with van der Waals surface area (Å²) in [5.74, 6) is 0.720. The molecule has 1 amide bonds. The van der Waals surface area contributed by atoms with Crippen molar-refractivity contribution in [1.29, 1.82) is 0 Å². The van der Waals surface area contributed by atoms with Crippen molar-refractivity contribution < 1.29 is 4.79 Å². The molecule has 1 N–H and O–H groups in total. The van der Waals surface area contributed by atoms with E-state index in [9.17, 15) is 4.79 Å². The SMILES string of the molecule is CC(C)C(C)C(=O)Nc1nc(CCl)cs1. The summed E-state index contributed by atoms with van der Waals surface area (Å²) in [6, 6.07) is 0. The minimum atomic E-state index is -0.00616. The fourth-order valence-corrected chi connectivity index (χ4v) is 1.89. The number of nitrogens with one attached hydrogen (secondary N) is 1. The lowest BCUT2D eigenvalue weighted by Gasteiger charge is -2.13. The van der Waals surface area contributed by atoms with Gasteiger partial charge in [0.15, 0.2) is 5.13 Å². The van der Waals surface area contributed by atoms with Crippen molar-refractivity contribution in [2.24, 2.45) is 11.8 Å². The molecule has 0 bridgehead atoms. The van der Waals surface area contributed by atoms with Gasteiger partial charge >= 0.3 is 0 Å². The molecule has 3 nitrogen and oxygen atoms in total. The lowest BCUT2D eigenvalue weighted by Crippen LogP contribution is -2.24. The van der Waals surface area contributed by atoms with Gasteiger partial charge < -0.3 is 5.32 Å². The molecule has 1 aromatic heterocycles. The second kappa shape index (κ2) is 5.47. The Labute approximate surface area is 98.9 Å². The molecule has 84 valence electrons. The van der Waals surface area contributed by atoms with Crippen LogP contribution in [0.5, 0.6) is 0 Å². The molecule has 1 unspecified atom stereocenters. The molecule has 0 radical (unpaired) electrons. The van der Waals surface area contributed by atoms with Crippen LogP contribution in [0.1, 0.15) is 26.5 Å². The summed E-state index contributed by atoms with van der Waals surface area (Å²) in [6.45, 7) is 5.96. The Morgan fingerprint density at radius 2 is 2.27 bits per heavy atom. The zero-order chi connectivity index (χ0) is 11.4. The molecule has 1 atom stereocenters. The van der Waals surface area contributed by atoms with Crippen LogP contribution in [0.25, 0.3) is 0 Å². The second-order valence-electron chi connectivity index (χ2n) is 3.80. The third-order valence-corrected chi connectivity index (χ3v) is 3.41. The maximum absolute atomic E-state index is 11.7. The Morgan fingerprint density at radius 3 is 2.73 bits per heavy atom. The summed E-state index contributed by atoms with van der Waals surface area (Å²) in [5, 5.41) is 5.27. The van der Waals surface area contributed by atoms with E-state index in [1.807, 2.05) is 26.2 Å². The van der Waals surface area contributed by atoms with Crippen LogP contribution in [0.2, 0.25) is 0 Å². The molecule has 0 aliphatic rings. The highest BCUT2D eigenvalue weighted by molar-refractivity contribution is 7.13. The molecule has 0 aliphatic heterocycles. The largest absolute Gasteiger partial charge is 0.302 e. The van der Waals surface area contributed by atoms with E-state index < -0.39 is 0 Å². The van der Waals surface area contributed by atoms with Crippen molar-refractivity contribution in [2.45, 2.75) is 26.7 Å². The molecule has 0 spiro atoms. The first-order valence-electron chi connectivity index (χ1n) is 4.85. The maximum Gasteiger partial charge on any atom is 0.229 e. The van der Waals surface area contributed by atoms with Gasteiger partial charge in [0, 0.05) is 11.3 Å². The van der Waals surface area contributed by atoms with Gasteiger partial charge in [-0.15, -0.1) is 22.9 Å². The summed E-state index contributed by atoms with van der Waals surface area (Å²) >= 11 is 7.03. The van der Waals surface area contributed by atoms with Crippen molar-refractivity contribution in [3.05, 3.63) is 11.1 Å². The molecule has 0 aliphatic carbocycles. The van der Waals surface area contributed by atoms with E-state index in [4.69, 9.17) is 11.6 Å². The van der Waals surface area contributed by atoms with Crippen molar-refractivity contribution >= 4 is 34.0 Å². The second-order valence-corrected chi connectivity index (χ2v) is 4.92. The average Bonchev–Trinajstić information content (AvgIpc) is 2.64. The quantitative estimate of drug-likeness (QED) is 0.830. The van der Waals surface area contributed by atoms with Gasteiger partial charge in [-0.25, -0.2) is 4.98 Å². The van der Waals surface area contributed by atoms with Gasteiger partial charge in [0.1, 0.15) is 0 Å². The number of hydrogen-bond donors (Lipinski definition) is 1. The monoisotopic (exact) mass is 246 g/mol. The van der Waals surface area contributed by atoms with Gasteiger partial charge in [-0.3, -0.25) is 4.79 Å². The Kier molecular flexibility index (Phi) is 4.54. The third kappa shape index (κ3) is 3.47. The highest BCUT2D eigenvalue weighted by atomic mass is 35.5. The molecule has 0 fully saturated rings. The van der Waals surface area contributed by atoms with Crippen LogP contribution >= 0.6 is 22.9 Å². The summed E-state index contributed by atoms with van der Waals surface area (Å²) in [4.78, 5) is 15.8. The predicted octanol–water partition coefficient (Wildman–Crippen LogP) is 3.11. The molecule has 5 heteroatoms. The maximum atomic E-state index is 11.7. The Hall–Kier alpha value is -0.610. The summed E-state index contributed by atoms with van der Waals surface area (Å²) in [7, 11) is 0. The zero-order valence-corrected chi connectivity index (χ0v) is 10.7. The van der Waals surface area contributed by atoms with Gasteiger partial charge in [0.2, 0.25) is 5.91 Å². The summed E-state index contributed by atoms with van der Waals surface area (Å²) in [5.41, 5.74) is 0.800. The number of nitrogens with zero attached hydrogens (tertiary/aromatic N) is 1. The fraction of sp³-hybridized carbons (Fsp3) is 0.600. The normalized spacial score (nSPS) is 12.9. The number of hydrogen-bond acceptors (Lipinski definition) is 3. The molecule has 1 aromatic rings. The van der Waals surface area contributed by atoms with Crippen LogP contribution in [-0.4, -0.2) is 10.9 Å². The first-order chi connectivity index (χ1) is 7.04. The molecular formula is C10H15ClN2OS. The third-order valence-electron chi connectivity index (χ3n) is 2.33. The molecule has 1 heterocycles. The Morgan fingerprint density at radius 1 is 1.60 bits per heavy atom. The lowest BCUT2D eigenvalue weighted by atomic mass is 9.97. The van der Waals surface area contributed by atoms with E-state index in [1.54, 1.807) is 0 Å². The van der Waals surface area contributed by atoms with Crippen molar-refractivity contribution in [1.82, 2.24) is 4.98 Å². The molecule has 0 aromatic carbocycles. The lowest BCUT2D eigenvalue weighted by molar-refractivity contribution is -0.120. The van der Waals surface area contributed by atoms with Crippen molar-refractivity contribution in [2.75, 3.05) is 5.32 Å². The van der Waals surface area contributed by atoms with Crippen LogP contribution in [0.15, 0.2) is 5.38 Å². The minimum absolute atomic E-state index is 0.00616. The van der Waals surface area contributed by atoms with E-state index in [-0.39, 0.29) is 11.8 Å². The van der Waals surface area contributed by atoms with Crippen molar-refractivity contribution in [3.63, 3.8) is 0 Å². The summed E-state index contributed by atoms with van der Waals surface area (Å²) in [6.07, 6.45) is 0. The number of carbonyl (C=O) groups is 1. The molecule has 1 rings (SSSR count). The number of amides is 1.